The molecule has 1 N–H and O–H groups in total. The quantitative estimate of drug-likeness (QED) is 0.919. The molecule has 7 heteroatoms. The summed E-state index contributed by atoms with van der Waals surface area (Å²) < 4.78 is 29.6. The highest BCUT2D eigenvalue weighted by Gasteiger charge is 2.23. The van der Waals surface area contributed by atoms with E-state index in [1.807, 2.05) is 6.92 Å². The molecule has 126 valence electrons. The van der Waals surface area contributed by atoms with Crippen molar-refractivity contribution in [1.82, 2.24) is 10.2 Å². The van der Waals surface area contributed by atoms with Crippen molar-refractivity contribution in [2.24, 2.45) is 0 Å². The Hall–Kier alpha value is -1.86. The van der Waals surface area contributed by atoms with Gasteiger partial charge in [-0.15, -0.1) is 0 Å². The Kier molecular flexibility index (Phi) is 4.97. The van der Waals surface area contributed by atoms with E-state index in [4.69, 9.17) is 14.2 Å². The molecule has 2 aliphatic heterocycles. The first-order valence-electron chi connectivity index (χ1n) is 7.79. The Balaban J connectivity index is 1.58. The summed E-state index contributed by atoms with van der Waals surface area (Å²) in [4.78, 5) is 13.9. The lowest BCUT2D eigenvalue weighted by atomic mass is 10.1. The van der Waals surface area contributed by atoms with Gasteiger partial charge in [-0.05, 0) is 31.0 Å². The van der Waals surface area contributed by atoms with Crippen molar-refractivity contribution in [3.05, 3.63) is 29.1 Å². The van der Waals surface area contributed by atoms with Crippen molar-refractivity contribution in [2.75, 3.05) is 33.1 Å². The van der Waals surface area contributed by atoms with Crippen LogP contribution in [0, 0.1) is 5.82 Å². The summed E-state index contributed by atoms with van der Waals surface area (Å²) in [6.45, 7) is 4.59. The number of benzene rings is 1. The summed E-state index contributed by atoms with van der Waals surface area (Å²) in [5.41, 5.74) is 1.46. The van der Waals surface area contributed by atoms with Gasteiger partial charge in [0.1, 0.15) is 11.6 Å². The zero-order valence-electron chi connectivity index (χ0n) is 13.1. The van der Waals surface area contributed by atoms with Gasteiger partial charge in [-0.2, -0.15) is 0 Å². The average Bonchev–Trinajstić information content (AvgIpc) is 2.55. The largest absolute Gasteiger partial charge is 0.467 e. The zero-order valence-corrected chi connectivity index (χ0v) is 13.1. The summed E-state index contributed by atoms with van der Waals surface area (Å²) >= 11 is 0. The van der Waals surface area contributed by atoms with E-state index in [0.717, 1.165) is 5.56 Å². The van der Waals surface area contributed by atoms with E-state index in [1.54, 1.807) is 4.90 Å². The highest BCUT2D eigenvalue weighted by atomic mass is 19.1. The van der Waals surface area contributed by atoms with Crippen molar-refractivity contribution in [3.8, 4) is 5.75 Å². The number of hydrogen-bond donors (Lipinski definition) is 1. The van der Waals surface area contributed by atoms with Crippen LogP contribution in [0.1, 0.15) is 18.1 Å². The fourth-order valence-electron chi connectivity index (χ4n) is 2.88. The molecule has 0 aliphatic carbocycles. The lowest BCUT2D eigenvalue weighted by Crippen LogP contribution is -2.51. The summed E-state index contributed by atoms with van der Waals surface area (Å²) in [5.74, 6) is 0.354. The first-order chi connectivity index (χ1) is 11.1. The SMILES string of the molecule is C[C@@H]1COCCN1C(=O)NCCc1cc(F)cc2c1OCOC2. The number of carbonyl (C=O) groups excluding carboxylic acids is 1. The molecule has 2 heterocycles. The molecule has 0 saturated carbocycles. The molecular formula is C16H21FN2O4. The van der Waals surface area contributed by atoms with Gasteiger partial charge in [0, 0.05) is 18.7 Å². The highest BCUT2D eigenvalue weighted by molar-refractivity contribution is 5.74. The van der Waals surface area contributed by atoms with Crippen LogP contribution in [0.15, 0.2) is 12.1 Å². The third-order valence-corrected chi connectivity index (χ3v) is 4.05. The molecule has 0 radical (unpaired) electrons. The number of rotatable bonds is 3. The van der Waals surface area contributed by atoms with E-state index in [-0.39, 0.29) is 24.7 Å². The molecule has 2 amide bonds. The third kappa shape index (κ3) is 3.73. The molecular weight excluding hydrogens is 303 g/mol. The van der Waals surface area contributed by atoms with Crippen LogP contribution in [0.5, 0.6) is 5.75 Å². The number of urea groups is 1. The van der Waals surface area contributed by atoms with Crippen LogP contribution in [0.3, 0.4) is 0 Å². The topological polar surface area (TPSA) is 60.0 Å². The maximum Gasteiger partial charge on any atom is 0.317 e. The zero-order chi connectivity index (χ0) is 16.2. The standard InChI is InChI=1S/C16H21FN2O4/c1-11-8-21-5-4-19(11)16(20)18-3-2-12-6-14(17)7-13-9-22-10-23-15(12)13/h6-7,11H,2-5,8-10H2,1H3,(H,18,20)/t11-/m1/s1. The Bertz CT molecular complexity index is 581. The molecule has 0 unspecified atom stereocenters. The number of halogens is 1. The smallest absolute Gasteiger partial charge is 0.317 e. The van der Waals surface area contributed by atoms with Crippen molar-refractivity contribution in [1.29, 1.82) is 0 Å². The molecule has 2 aliphatic rings. The van der Waals surface area contributed by atoms with E-state index < -0.39 is 0 Å². The molecule has 1 atom stereocenters. The summed E-state index contributed by atoms with van der Waals surface area (Å²) in [6.07, 6.45) is 0.505. The van der Waals surface area contributed by atoms with Gasteiger partial charge in [0.2, 0.25) is 0 Å². The number of nitrogens with one attached hydrogen (secondary N) is 1. The van der Waals surface area contributed by atoms with Crippen LogP contribution in [-0.2, 0) is 22.5 Å². The average molecular weight is 324 g/mol. The highest BCUT2D eigenvalue weighted by Crippen LogP contribution is 2.29. The van der Waals surface area contributed by atoms with Gasteiger partial charge >= 0.3 is 6.03 Å². The van der Waals surface area contributed by atoms with Crippen LogP contribution >= 0.6 is 0 Å². The number of fused-ring (bicyclic) bond motifs is 1. The number of nitrogens with zero attached hydrogens (tertiary/aromatic N) is 1. The van der Waals surface area contributed by atoms with Crippen molar-refractivity contribution in [2.45, 2.75) is 26.0 Å². The maximum atomic E-state index is 13.7. The Morgan fingerprint density at radius 2 is 2.30 bits per heavy atom. The molecule has 1 aromatic rings. The number of morpholine rings is 1. The number of carbonyl (C=O) groups is 1. The first kappa shape index (κ1) is 16.0. The monoisotopic (exact) mass is 324 g/mol. The normalized spacial score (nSPS) is 20.6. The predicted molar refractivity (Wildman–Crippen MR) is 80.8 cm³/mol. The molecule has 3 rings (SSSR count). The number of ether oxygens (including phenoxy) is 3. The minimum atomic E-state index is -0.319. The first-order valence-corrected chi connectivity index (χ1v) is 7.79. The van der Waals surface area contributed by atoms with E-state index in [2.05, 4.69) is 5.32 Å². The molecule has 6 nitrogen and oxygen atoms in total. The van der Waals surface area contributed by atoms with E-state index in [1.165, 1.54) is 12.1 Å². The summed E-state index contributed by atoms with van der Waals surface area (Å²) in [5, 5.41) is 2.88. The van der Waals surface area contributed by atoms with Crippen LogP contribution < -0.4 is 10.1 Å². The van der Waals surface area contributed by atoms with Crippen molar-refractivity contribution in [3.63, 3.8) is 0 Å². The summed E-state index contributed by atoms with van der Waals surface area (Å²) in [6, 6.07) is 2.82. The maximum absolute atomic E-state index is 13.7. The number of hydrogen-bond acceptors (Lipinski definition) is 4. The molecule has 23 heavy (non-hydrogen) atoms. The van der Waals surface area contributed by atoms with Crippen LogP contribution in [0.4, 0.5) is 9.18 Å². The lowest BCUT2D eigenvalue weighted by Gasteiger charge is -2.33. The van der Waals surface area contributed by atoms with Gasteiger partial charge in [-0.3, -0.25) is 0 Å². The third-order valence-electron chi connectivity index (χ3n) is 4.05. The second kappa shape index (κ2) is 7.14. The van der Waals surface area contributed by atoms with Crippen LogP contribution in [0.2, 0.25) is 0 Å². The van der Waals surface area contributed by atoms with Gasteiger partial charge in [-0.1, -0.05) is 0 Å². The summed E-state index contributed by atoms with van der Waals surface area (Å²) in [7, 11) is 0. The van der Waals surface area contributed by atoms with Gasteiger partial charge < -0.3 is 24.4 Å². The predicted octanol–water partition coefficient (Wildman–Crippen LogP) is 1.66. The fraction of sp³-hybridized carbons (Fsp3) is 0.562. The van der Waals surface area contributed by atoms with Crippen molar-refractivity contribution >= 4 is 6.03 Å². The molecule has 0 spiro atoms. The Morgan fingerprint density at radius 3 is 3.13 bits per heavy atom. The van der Waals surface area contributed by atoms with E-state index >= 15 is 0 Å². The van der Waals surface area contributed by atoms with E-state index in [0.29, 0.717) is 50.6 Å². The minimum absolute atomic E-state index is 0.0613. The van der Waals surface area contributed by atoms with Crippen LogP contribution in [0.25, 0.3) is 0 Å². The van der Waals surface area contributed by atoms with Gasteiger partial charge in [0.15, 0.2) is 6.79 Å². The second-order valence-corrected chi connectivity index (χ2v) is 5.76. The molecule has 1 saturated heterocycles. The van der Waals surface area contributed by atoms with Gasteiger partial charge in [0.25, 0.3) is 0 Å². The van der Waals surface area contributed by atoms with Gasteiger partial charge in [-0.25, -0.2) is 9.18 Å². The Morgan fingerprint density at radius 1 is 1.43 bits per heavy atom. The van der Waals surface area contributed by atoms with Crippen LogP contribution in [-0.4, -0.2) is 50.1 Å². The molecule has 0 aromatic heterocycles. The Labute approximate surface area is 134 Å². The lowest BCUT2D eigenvalue weighted by molar-refractivity contribution is -0.0172. The van der Waals surface area contributed by atoms with Crippen molar-refractivity contribution < 1.29 is 23.4 Å². The number of amides is 2. The minimum Gasteiger partial charge on any atom is -0.467 e. The molecule has 1 aromatic carbocycles. The molecule has 0 bridgehead atoms. The van der Waals surface area contributed by atoms with Gasteiger partial charge in [0.05, 0.1) is 25.9 Å². The molecule has 1 fully saturated rings. The second-order valence-electron chi connectivity index (χ2n) is 5.76. The fourth-order valence-corrected chi connectivity index (χ4v) is 2.88. The van der Waals surface area contributed by atoms with E-state index in [9.17, 15) is 9.18 Å².